The van der Waals surface area contributed by atoms with Crippen molar-refractivity contribution >= 4 is 12.0 Å². The fourth-order valence-corrected chi connectivity index (χ4v) is 1.92. The first-order valence-corrected chi connectivity index (χ1v) is 6.04. The van der Waals surface area contributed by atoms with E-state index in [1.54, 1.807) is 0 Å². The molecule has 0 bridgehead atoms. The lowest BCUT2D eigenvalue weighted by molar-refractivity contribution is 0.0572. The number of hydrogen-bond acceptors (Lipinski definition) is 5. The number of hydrogen-bond donors (Lipinski definition) is 4. The molecule has 1 aliphatic heterocycles. The van der Waals surface area contributed by atoms with Gasteiger partial charge in [0.2, 0.25) is 0 Å². The van der Waals surface area contributed by atoms with Gasteiger partial charge in [-0.2, -0.15) is 0 Å². The first-order valence-electron chi connectivity index (χ1n) is 6.04. The molecule has 1 fully saturated rings. The molecule has 2 unspecified atom stereocenters. The number of pyridine rings is 1. The lowest BCUT2D eigenvalue weighted by Crippen LogP contribution is -2.39. The van der Waals surface area contributed by atoms with Crippen molar-refractivity contribution in [3.63, 3.8) is 0 Å². The second-order valence-electron chi connectivity index (χ2n) is 4.54. The van der Waals surface area contributed by atoms with Gasteiger partial charge in [-0.05, 0) is 12.1 Å². The third kappa shape index (κ3) is 3.22. The van der Waals surface area contributed by atoms with Crippen LogP contribution < -0.4 is 5.32 Å². The van der Waals surface area contributed by atoms with Crippen molar-refractivity contribution in [2.75, 3.05) is 13.1 Å². The summed E-state index contributed by atoms with van der Waals surface area (Å²) in [6.45, 7) is 0.202. The second kappa shape index (κ2) is 5.85. The highest BCUT2D eigenvalue weighted by atomic mass is 16.4. The van der Waals surface area contributed by atoms with Crippen molar-refractivity contribution in [3.8, 4) is 0 Å². The lowest BCUT2D eigenvalue weighted by Gasteiger charge is -2.16. The van der Waals surface area contributed by atoms with E-state index in [4.69, 9.17) is 5.11 Å². The molecule has 8 heteroatoms. The molecule has 4 N–H and O–H groups in total. The summed E-state index contributed by atoms with van der Waals surface area (Å²) in [6.07, 6.45) is -0.516. The van der Waals surface area contributed by atoms with Crippen LogP contribution in [0.5, 0.6) is 0 Å². The molecule has 8 nitrogen and oxygen atoms in total. The van der Waals surface area contributed by atoms with Gasteiger partial charge < -0.3 is 25.5 Å². The SMILES string of the molecule is O=C(O)c1ccnc(CNC(=O)N2CC(O)C(O)C2)c1. The van der Waals surface area contributed by atoms with Crippen LogP contribution in [0.4, 0.5) is 4.79 Å². The highest BCUT2D eigenvalue weighted by molar-refractivity contribution is 5.87. The average molecular weight is 281 g/mol. The number of amides is 2. The van der Waals surface area contributed by atoms with Gasteiger partial charge in [-0.15, -0.1) is 0 Å². The molecular weight excluding hydrogens is 266 g/mol. The Hall–Kier alpha value is -2.19. The molecule has 2 atom stereocenters. The number of carbonyl (C=O) groups excluding carboxylic acids is 1. The lowest BCUT2D eigenvalue weighted by atomic mass is 10.2. The summed E-state index contributed by atoms with van der Waals surface area (Å²) >= 11 is 0. The molecule has 2 heterocycles. The first-order chi connectivity index (χ1) is 9.47. The van der Waals surface area contributed by atoms with Crippen LogP contribution in [-0.2, 0) is 6.54 Å². The molecule has 0 aliphatic carbocycles. The van der Waals surface area contributed by atoms with Crippen molar-refractivity contribution in [2.24, 2.45) is 0 Å². The molecule has 1 aliphatic rings. The van der Waals surface area contributed by atoms with E-state index >= 15 is 0 Å². The molecule has 0 radical (unpaired) electrons. The molecule has 1 saturated heterocycles. The predicted octanol–water partition coefficient (Wildman–Crippen LogP) is -0.973. The highest BCUT2D eigenvalue weighted by Gasteiger charge is 2.32. The van der Waals surface area contributed by atoms with Crippen molar-refractivity contribution in [3.05, 3.63) is 29.6 Å². The zero-order valence-corrected chi connectivity index (χ0v) is 10.6. The topological polar surface area (TPSA) is 123 Å². The normalized spacial score (nSPS) is 21.8. The molecule has 2 amide bonds. The van der Waals surface area contributed by atoms with E-state index in [0.29, 0.717) is 5.69 Å². The first kappa shape index (κ1) is 14.2. The molecule has 1 aromatic rings. The number of carboxylic acid groups (broad SMARTS) is 1. The maximum absolute atomic E-state index is 11.8. The summed E-state index contributed by atoms with van der Waals surface area (Å²) in [7, 11) is 0. The van der Waals surface area contributed by atoms with Gasteiger partial charge in [0.05, 0.1) is 43.1 Å². The van der Waals surface area contributed by atoms with Gasteiger partial charge in [-0.25, -0.2) is 9.59 Å². The van der Waals surface area contributed by atoms with Crippen LogP contribution in [0.3, 0.4) is 0 Å². The number of aliphatic hydroxyl groups excluding tert-OH is 2. The van der Waals surface area contributed by atoms with E-state index in [1.165, 1.54) is 23.2 Å². The quantitative estimate of drug-likeness (QED) is 0.565. The van der Waals surface area contributed by atoms with E-state index < -0.39 is 24.2 Å². The molecule has 20 heavy (non-hydrogen) atoms. The van der Waals surface area contributed by atoms with Crippen molar-refractivity contribution < 1.29 is 24.9 Å². The number of β-amino-alcohol motifs (C(OH)–C–C–N with tert-alkyl or cyclic N) is 2. The van der Waals surface area contributed by atoms with Crippen LogP contribution >= 0.6 is 0 Å². The highest BCUT2D eigenvalue weighted by Crippen LogP contribution is 2.10. The number of nitrogens with zero attached hydrogens (tertiary/aromatic N) is 2. The summed E-state index contributed by atoms with van der Waals surface area (Å²) in [5, 5.41) is 30.1. The fourth-order valence-electron chi connectivity index (χ4n) is 1.92. The van der Waals surface area contributed by atoms with Crippen molar-refractivity contribution in [2.45, 2.75) is 18.8 Å². The second-order valence-corrected chi connectivity index (χ2v) is 4.54. The maximum atomic E-state index is 11.8. The Morgan fingerprint density at radius 1 is 1.35 bits per heavy atom. The number of rotatable bonds is 3. The fraction of sp³-hybridized carbons (Fsp3) is 0.417. The van der Waals surface area contributed by atoms with Gasteiger partial charge in [-0.3, -0.25) is 4.98 Å². The number of aliphatic hydroxyl groups is 2. The van der Waals surface area contributed by atoms with E-state index in [-0.39, 0.29) is 25.2 Å². The van der Waals surface area contributed by atoms with E-state index in [0.717, 1.165) is 0 Å². The van der Waals surface area contributed by atoms with Gasteiger partial charge in [-0.1, -0.05) is 0 Å². The molecule has 2 rings (SSSR count). The Bertz CT molecular complexity index is 512. The Morgan fingerprint density at radius 3 is 2.60 bits per heavy atom. The number of carboxylic acids is 1. The van der Waals surface area contributed by atoms with E-state index in [1.807, 2.05) is 0 Å². The van der Waals surface area contributed by atoms with Gasteiger partial charge in [0.1, 0.15) is 0 Å². The standard InChI is InChI=1S/C12H15N3O5/c16-9-5-15(6-10(9)17)12(20)14-4-8-3-7(11(18)19)1-2-13-8/h1-3,9-10,16-17H,4-6H2,(H,14,20)(H,18,19). The molecule has 1 aromatic heterocycles. The van der Waals surface area contributed by atoms with Crippen LogP contribution in [0, 0.1) is 0 Å². The van der Waals surface area contributed by atoms with Crippen LogP contribution in [-0.4, -0.2) is 62.5 Å². The number of carbonyl (C=O) groups is 2. The van der Waals surface area contributed by atoms with Crippen LogP contribution in [0.2, 0.25) is 0 Å². The van der Waals surface area contributed by atoms with Gasteiger partial charge in [0.25, 0.3) is 0 Å². The summed E-state index contributed by atoms with van der Waals surface area (Å²) in [5.74, 6) is -1.06. The minimum Gasteiger partial charge on any atom is -0.478 e. The average Bonchev–Trinajstić information content (AvgIpc) is 2.76. The minimum absolute atomic E-state index is 0.0651. The predicted molar refractivity (Wildman–Crippen MR) is 67.0 cm³/mol. The summed E-state index contributed by atoms with van der Waals surface area (Å²) < 4.78 is 0. The monoisotopic (exact) mass is 281 g/mol. The third-order valence-corrected chi connectivity index (χ3v) is 3.03. The third-order valence-electron chi connectivity index (χ3n) is 3.03. The number of nitrogens with one attached hydrogen (secondary N) is 1. The number of urea groups is 1. The van der Waals surface area contributed by atoms with E-state index in [2.05, 4.69) is 10.3 Å². The Balaban J connectivity index is 1.90. The minimum atomic E-state index is -1.06. The molecule has 0 saturated carbocycles. The Kier molecular flexibility index (Phi) is 4.16. The van der Waals surface area contributed by atoms with Gasteiger partial charge >= 0.3 is 12.0 Å². The maximum Gasteiger partial charge on any atom is 0.335 e. The summed E-state index contributed by atoms with van der Waals surface area (Å²) in [4.78, 5) is 27.8. The smallest absolute Gasteiger partial charge is 0.335 e. The molecule has 108 valence electrons. The number of aromatic nitrogens is 1. The van der Waals surface area contributed by atoms with E-state index in [9.17, 15) is 19.8 Å². The molecule has 0 aromatic carbocycles. The zero-order valence-electron chi connectivity index (χ0n) is 10.6. The molecule has 0 spiro atoms. The number of likely N-dealkylation sites (tertiary alicyclic amines) is 1. The number of aromatic carboxylic acids is 1. The Morgan fingerprint density at radius 2 is 2.00 bits per heavy atom. The van der Waals surface area contributed by atoms with Crippen molar-refractivity contribution in [1.29, 1.82) is 0 Å². The molecular formula is C12H15N3O5. The summed E-state index contributed by atoms with van der Waals surface area (Å²) in [6, 6.07) is 2.29. The largest absolute Gasteiger partial charge is 0.478 e. The Labute approximate surface area is 114 Å². The zero-order chi connectivity index (χ0) is 14.7. The van der Waals surface area contributed by atoms with Gasteiger partial charge in [0, 0.05) is 6.20 Å². The van der Waals surface area contributed by atoms with Crippen LogP contribution in [0.15, 0.2) is 18.3 Å². The van der Waals surface area contributed by atoms with Crippen LogP contribution in [0.25, 0.3) is 0 Å². The van der Waals surface area contributed by atoms with Crippen LogP contribution in [0.1, 0.15) is 16.1 Å². The van der Waals surface area contributed by atoms with Crippen molar-refractivity contribution in [1.82, 2.24) is 15.2 Å². The van der Waals surface area contributed by atoms with Gasteiger partial charge in [0.15, 0.2) is 0 Å². The summed E-state index contributed by atoms with van der Waals surface area (Å²) in [5.41, 5.74) is 0.509.